The van der Waals surface area contributed by atoms with Crippen molar-refractivity contribution < 1.29 is 18.3 Å². The second-order valence-electron chi connectivity index (χ2n) is 4.14. The fourth-order valence-corrected chi connectivity index (χ4v) is 2.27. The highest BCUT2D eigenvalue weighted by molar-refractivity contribution is 9.10. The van der Waals surface area contributed by atoms with Crippen molar-refractivity contribution in [2.24, 2.45) is 0 Å². The van der Waals surface area contributed by atoms with Crippen molar-refractivity contribution >= 4 is 27.5 Å². The van der Waals surface area contributed by atoms with Crippen LogP contribution in [-0.2, 0) is 0 Å². The number of rotatable bonds is 3. The monoisotopic (exact) mass is 364 g/mol. The van der Waals surface area contributed by atoms with Gasteiger partial charge in [-0.05, 0) is 33.6 Å². The molecule has 0 bridgehead atoms. The number of hydrogen-bond donors (Lipinski definition) is 1. The Morgan fingerprint density at radius 2 is 1.75 bits per heavy atom. The Hall–Kier alpha value is -1.04. The van der Waals surface area contributed by atoms with Crippen LogP contribution in [0.3, 0.4) is 0 Å². The third-order valence-electron chi connectivity index (χ3n) is 2.84. The van der Waals surface area contributed by atoms with Crippen LogP contribution < -0.4 is 0 Å². The fraction of sp³-hybridized carbons (Fsp3) is 0.143. The van der Waals surface area contributed by atoms with Crippen LogP contribution in [0.5, 0.6) is 0 Å². The second-order valence-corrected chi connectivity index (χ2v) is 5.37. The highest BCUT2D eigenvalue weighted by Gasteiger charge is 2.19. The van der Waals surface area contributed by atoms with E-state index in [-0.39, 0.29) is 21.7 Å². The summed E-state index contributed by atoms with van der Waals surface area (Å²) in [7, 11) is 0. The number of hydrogen-bond acceptors (Lipinski definition) is 1. The maximum atomic E-state index is 14.0. The van der Waals surface area contributed by atoms with Crippen LogP contribution in [0.2, 0.25) is 5.02 Å². The van der Waals surface area contributed by atoms with Gasteiger partial charge in [-0.25, -0.2) is 13.2 Å². The van der Waals surface area contributed by atoms with E-state index in [0.29, 0.717) is 4.47 Å². The molecule has 0 heterocycles. The zero-order valence-corrected chi connectivity index (χ0v) is 12.3. The van der Waals surface area contributed by atoms with E-state index in [9.17, 15) is 18.3 Å². The Kier molecular flexibility index (Phi) is 4.73. The topological polar surface area (TPSA) is 20.2 Å². The molecule has 0 radical (unpaired) electrons. The summed E-state index contributed by atoms with van der Waals surface area (Å²) in [6.07, 6.45) is -4.01. The molecule has 1 atom stereocenters. The summed E-state index contributed by atoms with van der Waals surface area (Å²) in [6, 6.07) is 8.06. The van der Waals surface area contributed by atoms with E-state index >= 15 is 0 Å². The third-order valence-corrected chi connectivity index (χ3v) is 4.10. The van der Waals surface area contributed by atoms with E-state index in [1.807, 2.05) is 0 Å². The van der Waals surface area contributed by atoms with E-state index in [1.54, 1.807) is 0 Å². The molecule has 0 aliphatic carbocycles. The predicted molar refractivity (Wildman–Crippen MR) is 74.6 cm³/mol. The van der Waals surface area contributed by atoms with Crippen LogP contribution >= 0.6 is 27.5 Å². The van der Waals surface area contributed by atoms with Crippen LogP contribution in [0, 0.1) is 5.82 Å². The summed E-state index contributed by atoms with van der Waals surface area (Å²) in [4.78, 5) is 0. The van der Waals surface area contributed by atoms with Gasteiger partial charge in [0, 0.05) is 15.6 Å². The number of benzene rings is 2. The molecule has 0 aromatic heterocycles. The van der Waals surface area contributed by atoms with E-state index in [2.05, 4.69) is 15.9 Å². The zero-order valence-electron chi connectivity index (χ0n) is 9.96. The number of halogens is 5. The maximum Gasteiger partial charge on any atom is 0.263 e. The molecule has 0 amide bonds. The van der Waals surface area contributed by atoms with Crippen molar-refractivity contribution in [1.29, 1.82) is 0 Å². The standard InChI is InChI=1S/C14H9BrClF3O/c15-10-5-4-9(12(17)11(10)16)13(20)7-2-1-3-8(6-7)14(18)19/h1-6,13-14,20H. The van der Waals surface area contributed by atoms with Gasteiger partial charge in [0.1, 0.15) is 11.9 Å². The predicted octanol–water partition coefficient (Wildman–Crippen LogP) is 5.26. The summed E-state index contributed by atoms with van der Waals surface area (Å²) in [5.74, 6) is -0.781. The molecule has 20 heavy (non-hydrogen) atoms. The van der Waals surface area contributed by atoms with Crippen molar-refractivity contribution in [3.63, 3.8) is 0 Å². The number of aliphatic hydroxyl groups is 1. The number of aliphatic hydroxyl groups excluding tert-OH is 1. The van der Waals surface area contributed by atoms with Gasteiger partial charge in [-0.1, -0.05) is 35.9 Å². The van der Waals surface area contributed by atoms with Gasteiger partial charge in [-0.2, -0.15) is 0 Å². The van der Waals surface area contributed by atoms with Gasteiger partial charge >= 0.3 is 0 Å². The van der Waals surface area contributed by atoms with Crippen LogP contribution in [-0.4, -0.2) is 5.11 Å². The lowest BCUT2D eigenvalue weighted by molar-refractivity contribution is 0.150. The smallest absolute Gasteiger partial charge is 0.263 e. The molecular weight excluding hydrogens is 357 g/mol. The summed E-state index contributed by atoms with van der Waals surface area (Å²) in [5.41, 5.74) is -0.116. The first-order valence-corrected chi connectivity index (χ1v) is 6.78. The van der Waals surface area contributed by atoms with Gasteiger partial charge in [-0.15, -0.1) is 0 Å². The normalized spacial score (nSPS) is 12.8. The molecule has 0 fully saturated rings. The first kappa shape index (κ1) is 15.4. The molecule has 1 N–H and O–H groups in total. The lowest BCUT2D eigenvalue weighted by Crippen LogP contribution is -2.04. The Bertz CT molecular complexity index is 634. The molecule has 0 aliphatic heterocycles. The van der Waals surface area contributed by atoms with Crippen molar-refractivity contribution in [2.45, 2.75) is 12.5 Å². The maximum absolute atomic E-state index is 14.0. The average molecular weight is 366 g/mol. The first-order valence-electron chi connectivity index (χ1n) is 5.61. The van der Waals surface area contributed by atoms with E-state index in [1.165, 1.54) is 30.3 Å². The van der Waals surface area contributed by atoms with Gasteiger partial charge in [0.2, 0.25) is 0 Å². The lowest BCUT2D eigenvalue weighted by Gasteiger charge is -2.14. The molecule has 0 saturated heterocycles. The quantitative estimate of drug-likeness (QED) is 0.736. The van der Waals surface area contributed by atoms with Gasteiger partial charge in [0.25, 0.3) is 6.43 Å². The Balaban J connectivity index is 2.44. The molecule has 0 spiro atoms. The Morgan fingerprint density at radius 3 is 2.40 bits per heavy atom. The van der Waals surface area contributed by atoms with Gasteiger partial charge in [-0.3, -0.25) is 0 Å². The van der Waals surface area contributed by atoms with Crippen molar-refractivity contribution in [3.8, 4) is 0 Å². The summed E-state index contributed by atoms with van der Waals surface area (Å²) in [6.45, 7) is 0. The fourth-order valence-electron chi connectivity index (χ4n) is 1.80. The van der Waals surface area contributed by atoms with Gasteiger partial charge in [0.05, 0.1) is 5.02 Å². The van der Waals surface area contributed by atoms with E-state index in [4.69, 9.17) is 11.6 Å². The van der Waals surface area contributed by atoms with Crippen LogP contribution in [0.4, 0.5) is 13.2 Å². The van der Waals surface area contributed by atoms with Crippen molar-refractivity contribution in [3.05, 3.63) is 68.4 Å². The highest BCUT2D eigenvalue weighted by atomic mass is 79.9. The van der Waals surface area contributed by atoms with Crippen LogP contribution in [0.25, 0.3) is 0 Å². The first-order chi connectivity index (χ1) is 9.41. The Morgan fingerprint density at radius 1 is 1.10 bits per heavy atom. The molecule has 0 saturated carbocycles. The minimum absolute atomic E-state index is 0.0652. The minimum atomic E-state index is -2.65. The summed E-state index contributed by atoms with van der Waals surface area (Å²) >= 11 is 8.81. The zero-order chi connectivity index (χ0) is 14.9. The van der Waals surface area contributed by atoms with Gasteiger partial charge < -0.3 is 5.11 Å². The van der Waals surface area contributed by atoms with Gasteiger partial charge in [0.15, 0.2) is 0 Å². The highest BCUT2D eigenvalue weighted by Crippen LogP contribution is 2.33. The van der Waals surface area contributed by atoms with Crippen LogP contribution in [0.1, 0.15) is 29.2 Å². The molecular formula is C14H9BrClF3O. The largest absolute Gasteiger partial charge is 0.384 e. The number of alkyl halides is 2. The molecule has 2 rings (SSSR count). The van der Waals surface area contributed by atoms with Crippen molar-refractivity contribution in [1.82, 2.24) is 0 Å². The molecule has 2 aromatic carbocycles. The lowest BCUT2D eigenvalue weighted by atomic mass is 9.99. The van der Waals surface area contributed by atoms with Crippen LogP contribution in [0.15, 0.2) is 40.9 Å². The molecule has 2 aromatic rings. The van der Waals surface area contributed by atoms with E-state index in [0.717, 1.165) is 6.07 Å². The summed E-state index contributed by atoms with van der Waals surface area (Å²) < 4.78 is 39.6. The molecule has 1 nitrogen and oxygen atoms in total. The molecule has 106 valence electrons. The molecule has 0 aliphatic rings. The minimum Gasteiger partial charge on any atom is -0.384 e. The second kappa shape index (κ2) is 6.16. The molecule has 1 unspecified atom stereocenters. The SMILES string of the molecule is OC(c1cccc(C(F)F)c1)c1ccc(Br)c(Cl)c1F. The Labute approximate surface area is 127 Å². The third kappa shape index (κ3) is 3.00. The summed E-state index contributed by atoms with van der Waals surface area (Å²) in [5, 5.41) is 9.97. The molecule has 6 heteroatoms. The van der Waals surface area contributed by atoms with E-state index < -0.39 is 18.3 Å². The average Bonchev–Trinajstić information content (AvgIpc) is 2.44. The van der Waals surface area contributed by atoms with Crippen molar-refractivity contribution in [2.75, 3.05) is 0 Å².